The first kappa shape index (κ1) is 15.3. The van der Waals surface area contributed by atoms with Gasteiger partial charge in [0.2, 0.25) is 0 Å². The van der Waals surface area contributed by atoms with Crippen molar-refractivity contribution in [2.45, 2.75) is 19.9 Å². The molecule has 1 aromatic carbocycles. The molecule has 2 aromatic rings. The Bertz CT molecular complexity index is 640. The topological polar surface area (TPSA) is 65.5 Å². The van der Waals surface area contributed by atoms with Crippen molar-refractivity contribution in [1.82, 2.24) is 9.88 Å². The molecular formula is C16H21N3O2. The van der Waals surface area contributed by atoms with Crippen molar-refractivity contribution in [1.29, 1.82) is 0 Å². The van der Waals surface area contributed by atoms with E-state index in [1.165, 1.54) is 0 Å². The zero-order chi connectivity index (χ0) is 15.4. The third-order valence-corrected chi connectivity index (χ3v) is 3.49. The molecule has 21 heavy (non-hydrogen) atoms. The number of aromatic nitrogens is 1. The van der Waals surface area contributed by atoms with Crippen molar-refractivity contribution in [2.75, 3.05) is 25.5 Å². The number of carbonyl (C=O) groups is 1. The van der Waals surface area contributed by atoms with Crippen LogP contribution in [0.5, 0.6) is 0 Å². The number of hydrogen-bond donors (Lipinski definition) is 2. The number of fused-ring (bicyclic) bond motifs is 1. The molecule has 5 heteroatoms. The normalized spacial score (nSPS) is 10.9. The van der Waals surface area contributed by atoms with E-state index in [1.807, 2.05) is 45.2 Å². The summed E-state index contributed by atoms with van der Waals surface area (Å²) >= 11 is 0. The highest BCUT2D eigenvalue weighted by molar-refractivity contribution is 6.09. The summed E-state index contributed by atoms with van der Waals surface area (Å²) in [6, 6.07) is 7.71. The molecule has 0 bridgehead atoms. The van der Waals surface area contributed by atoms with Crippen LogP contribution in [0, 0.1) is 0 Å². The quantitative estimate of drug-likeness (QED) is 0.884. The number of aliphatic hydroxyl groups excluding tert-OH is 1. The summed E-state index contributed by atoms with van der Waals surface area (Å²) in [5.74, 6) is 0.644. The van der Waals surface area contributed by atoms with Gasteiger partial charge >= 0.3 is 0 Å². The van der Waals surface area contributed by atoms with E-state index in [1.54, 1.807) is 11.1 Å². The Morgan fingerprint density at radius 2 is 2.00 bits per heavy atom. The van der Waals surface area contributed by atoms with Crippen LogP contribution < -0.4 is 5.32 Å². The van der Waals surface area contributed by atoms with Gasteiger partial charge in [-0.05, 0) is 19.2 Å². The predicted octanol–water partition coefficient (Wildman–Crippen LogP) is 2.12. The molecule has 0 aliphatic heterocycles. The molecule has 0 unspecified atom stereocenters. The van der Waals surface area contributed by atoms with Gasteiger partial charge in [0, 0.05) is 31.2 Å². The highest BCUT2D eigenvalue weighted by atomic mass is 16.3. The minimum absolute atomic E-state index is 0.0207. The fraction of sp³-hybridized carbons (Fsp3) is 0.375. The van der Waals surface area contributed by atoms with E-state index in [0.717, 1.165) is 16.6 Å². The van der Waals surface area contributed by atoms with Crippen molar-refractivity contribution >= 4 is 22.5 Å². The fourth-order valence-electron chi connectivity index (χ4n) is 2.42. The van der Waals surface area contributed by atoms with Gasteiger partial charge in [-0.1, -0.05) is 24.3 Å². The molecule has 0 aliphatic carbocycles. The molecule has 1 aromatic heterocycles. The third-order valence-electron chi connectivity index (χ3n) is 3.49. The Hall–Kier alpha value is -2.14. The van der Waals surface area contributed by atoms with Crippen molar-refractivity contribution in [3.05, 3.63) is 36.0 Å². The minimum Gasteiger partial charge on any atom is -0.395 e. The Morgan fingerprint density at radius 3 is 2.57 bits per heavy atom. The van der Waals surface area contributed by atoms with Crippen LogP contribution in [0.4, 0.5) is 5.82 Å². The summed E-state index contributed by atoms with van der Waals surface area (Å²) < 4.78 is 0. The first-order chi connectivity index (χ1) is 10.1. The molecule has 0 saturated carbocycles. The van der Waals surface area contributed by atoms with Gasteiger partial charge in [-0.15, -0.1) is 0 Å². The van der Waals surface area contributed by atoms with Crippen LogP contribution in [0.25, 0.3) is 10.8 Å². The molecule has 0 saturated heterocycles. The van der Waals surface area contributed by atoms with E-state index < -0.39 is 0 Å². The summed E-state index contributed by atoms with van der Waals surface area (Å²) in [7, 11) is 1.81. The average molecular weight is 287 g/mol. The second kappa shape index (κ2) is 6.54. The Labute approximate surface area is 124 Å². The van der Waals surface area contributed by atoms with Crippen LogP contribution in [0.2, 0.25) is 0 Å². The average Bonchev–Trinajstić information content (AvgIpc) is 2.50. The number of benzene rings is 1. The number of hydrogen-bond acceptors (Lipinski definition) is 4. The molecule has 112 valence electrons. The maximum Gasteiger partial charge on any atom is 0.256 e. The van der Waals surface area contributed by atoms with E-state index in [0.29, 0.717) is 12.1 Å². The van der Waals surface area contributed by atoms with Crippen molar-refractivity contribution in [2.24, 2.45) is 0 Å². The molecule has 0 aliphatic rings. The number of amides is 1. The molecule has 2 N–H and O–H groups in total. The molecule has 0 fully saturated rings. The SMILES string of the molecule is CNc1ncc(C(=O)N(CCO)C(C)C)c2ccccc12. The van der Waals surface area contributed by atoms with Gasteiger partial charge in [0.15, 0.2) is 0 Å². The van der Waals surface area contributed by atoms with E-state index in [9.17, 15) is 4.79 Å². The zero-order valence-corrected chi connectivity index (χ0v) is 12.6. The highest BCUT2D eigenvalue weighted by Gasteiger charge is 2.21. The van der Waals surface area contributed by atoms with Crippen LogP contribution in [-0.4, -0.2) is 47.1 Å². The van der Waals surface area contributed by atoms with Crippen LogP contribution in [0.3, 0.4) is 0 Å². The number of nitrogens with one attached hydrogen (secondary N) is 1. The van der Waals surface area contributed by atoms with Crippen molar-refractivity contribution in [3.63, 3.8) is 0 Å². The monoisotopic (exact) mass is 287 g/mol. The first-order valence-corrected chi connectivity index (χ1v) is 7.07. The summed E-state index contributed by atoms with van der Waals surface area (Å²) in [5, 5.41) is 14.0. The van der Waals surface area contributed by atoms with E-state index in [2.05, 4.69) is 10.3 Å². The van der Waals surface area contributed by atoms with Crippen LogP contribution >= 0.6 is 0 Å². The predicted molar refractivity (Wildman–Crippen MR) is 84.5 cm³/mol. The Balaban J connectivity index is 2.53. The molecule has 1 heterocycles. The molecule has 0 atom stereocenters. The smallest absolute Gasteiger partial charge is 0.256 e. The number of nitrogens with zero attached hydrogens (tertiary/aromatic N) is 2. The van der Waals surface area contributed by atoms with Crippen molar-refractivity contribution < 1.29 is 9.90 Å². The lowest BCUT2D eigenvalue weighted by Crippen LogP contribution is -2.39. The molecular weight excluding hydrogens is 266 g/mol. The van der Waals surface area contributed by atoms with Gasteiger partial charge in [-0.25, -0.2) is 4.98 Å². The summed E-state index contributed by atoms with van der Waals surface area (Å²) in [6.45, 7) is 4.14. The largest absolute Gasteiger partial charge is 0.395 e. The third kappa shape index (κ3) is 2.97. The lowest BCUT2D eigenvalue weighted by atomic mass is 10.1. The summed E-state index contributed by atoms with van der Waals surface area (Å²) in [4.78, 5) is 18.7. The fourth-order valence-corrected chi connectivity index (χ4v) is 2.42. The van der Waals surface area contributed by atoms with Crippen molar-refractivity contribution in [3.8, 4) is 0 Å². The van der Waals surface area contributed by atoms with Crippen LogP contribution in [0.15, 0.2) is 30.5 Å². The number of anilines is 1. The van der Waals surface area contributed by atoms with Gasteiger partial charge in [-0.2, -0.15) is 0 Å². The molecule has 5 nitrogen and oxygen atoms in total. The van der Waals surface area contributed by atoms with Crippen LogP contribution in [-0.2, 0) is 0 Å². The maximum absolute atomic E-state index is 12.7. The molecule has 1 amide bonds. The number of carbonyl (C=O) groups excluding carboxylic acids is 1. The van der Waals surface area contributed by atoms with E-state index in [4.69, 9.17) is 5.11 Å². The molecule has 2 rings (SSSR count). The Morgan fingerprint density at radius 1 is 1.33 bits per heavy atom. The lowest BCUT2D eigenvalue weighted by molar-refractivity contribution is 0.0667. The van der Waals surface area contributed by atoms with Gasteiger partial charge < -0.3 is 15.3 Å². The lowest BCUT2D eigenvalue weighted by Gasteiger charge is -2.26. The standard InChI is InChI=1S/C16H21N3O2/c1-11(2)19(8-9-20)16(21)14-10-18-15(17-3)13-7-5-4-6-12(13)14/h4-7,10-11,20H,8-9H2,1-3H3,(H,17,18). The number of pyridine rings is 1. The summed E-state index contributed by atoms with van der Waals surface area (Å²) in [6.07, 6.45) is 1.60. The second-order valence-corrected chi connectivity index (χ2v) is 5.13. The molecule has 0 radical (unpaired) electrons. The van der Waals surface area contributed by atoms with E-state index >= 15 is 0 Å². The first-order valence-electron chi connectivity index (χ1n) is 7.07. The molecule has 0 spiro atoms. The summed E-state index contributed by atoms with van der Waals surface area (Å²) in [5.41, 5.74) is 0.562. The number of aliphatic hydroxyl groups is 1. The Kier molecular flexibility index (Phi) is 4.75. The van der Waals surface area contributed by atoms with Gasteiger partial charge in [0.1, 0.15) is 5.82 Å². The minimum atomic E-state index is -0.106. The maximum atomic E-state index is 12.7. The van der Waals surface area contributed by atoms with Gasteiger partial charge in [0.05, 0.1) is 12.2 Å². The number of rotatable bonds is 5. The van der Waals surface area contributed by atoms with Crippen LogP contribution in [0.1, 0.15) is 24.2 Å². The second-order valence-electron chi connectivity index (χ2n) is 5.13. The highest BCUT2D eigenvalue weighted by Crippen LogP contribution is 2.25. The van der Waals surface area contributed by atoms with E-state index in [-0.39, 0.29) is 18.6 Å². The van der Waals surface area contributed by atoms with Gasteiger partial charge in [-0.3, -0.25) is 4.79 Å². The van der Waals surface area contributed by atoms with Gasteiger partial charge in [0.25, 0.3) is 5.91 Å². The zero-order valence-electron chi connectivity index (χ0n) is 12.6.